The normalized spacial score (nSPS) is 15.6. The molecule has 0 saturated heterocycles. The predicted octanol–water partition coefficient (Wildman–Crippen LogP) is 4.77. The van der Waals surface area contributed by atoms with Crippen LogP contribution in [0.4, 0.5) is 0 Å². The van der Waals surface area contributed by atoms with Crippen LogP contribution in [0.5, 0.6) is 0 Å². The van der Waals surface area contributed by atoms with E-state index in [2.05, 4.69) is 11.4 Å². The maximum absolute atomic E-state index is 13.6. The number of rotatable bonds is 12. The number of nitrogens with one attached hydrogen (secondary N) is 1. The Morgan fingerprint density at radius 1 is 1.15 bits per heavy atom. The van der Waals surface area contributed by atoms with Gasteiger partial charge in [-0.1, -0.05) is 77.2 Å². The van der Waals surface area contributed by atoms with Gasteiger partial charge in [0.2, 0.25) is 5.91 Å². The van der Waals surface area contributed by atoms with Gasteiger partial charge in [-0.3, -0.25) is 9.59 Å². The molecule has 1 amide bonds. The van der Waals surface area contributed by atoms with Crippen LogP contribution >= 0.6 is 24.0 Å². The van der Waals surface area contributed by atoms with Crippen LogP contribution in [0, 0.1) is 27.6 Å². The molecule has 0 aliphatic carbocycles. The molecule has 182 valence electrons. The molecule has 0 bridgehead atoms. The maximum Gasteiger partial charge on any atom is 0.303 e. The van der Waals surface area contributed by atoms with Crippen LogP contribution in [0.3, 0.4) is 0 Å². The highest BCUT2D eigenvalue weighted by atomic mass is 32.2. The van der Waals surface area contributed by atoms with Gasteiger partial charge in [0.25, 0.3) is 0 Å². The molecule has 0 aliphatic heterocycles. The fourth-order valence-corrected chi connectivity index (χ4v) is 6.14. The molecule has 0 spiro atoms. The van der Waals surface area contributed by atoms with Gasteiger partial charge in [-0.05, 0) is 30.7 Å². The van der Waals surface area contributed by atoms with E-state index < -0.39 is 27.0 Å². The Hall–Kier alpha value is -1.95. The Bertz CT molecular complexity index is 896. The predicted molar refractivity (Wildman–Crippen MR) is 139 cm³/mol. The third-order valence-corrected chi connectivity index (χ3v) is 8.54. The molecule has 6 nitrogen and oxygen atoms in total. The van der Waals surface area contributed by atoms with Gasteiger partial charge in [0.1, 0.15) is 0 Å². The van der Waals surface area contributed by atoms with E-state index in [0.29, 0.717) is 19.5 Å². The lowest BCUT2D eigenvalue weighted by molar-refractivity contribution is -0.145. The molecule has 0 radical (unpaired) electrons. The van der Waals surface area contributed by atoms with E-state index in [1.807, 2.05) is 65.0 Å². The van der Waals surface area contributed by atoms with Crippen LogP contribution in [0.1, 0.15) is 66.4 Å². The molecule has 1 rings (SSSR count). The summed E-state index contributed by atoms with van der Waals surface area (Å²) in [4.78, 5) is 24.8. The summed E-state index contributed by atoms with van der Waals surface area (Å²) in [7, 11) is 0. The Labute approximate surface area is 207 Å². The lowest BCUT2D eigenvalue weighted by atomic mass is 9.50. The zero-order valence-corrected chi connectivity index (χ0v) is 22.2. The second kappa shape index (κ2) is 11.5. The van der Waals surface area contributed by atoms with E-state index in [9.17, 15) is 20.0 Å². The van der Waals surface area contributed by atoms with Crippen molar-refractivity contribution in [1.82, 2.24) is 5.32 Å². The van der Waals surface area contributed by atoms with E-state index in [1.165, 1.54) is 11.8 Å². The largest absolute Gasteiger partial charge is 0.481 e. The van der Waals surface area contributed by atoms with E-state index in [4.69, 9.17) is 18.0 Å². The lowest BCUT2D eigenvalue weighted by Crippen LogP contribution is -2.57. The summed E-state index contributed by atoms with van der Waals surface area (Å²) in [5.74, 6) is -1.17. The number of nitrogens with zero attached hydrogens (tertiary/aromatic N) is 1. The number of nitrogens with two attached hydrogens (primary N) is 1. The second-order valence-corrected chi connectivity index (χ2v) is 12.4. The van der Waals surface area contributed by atoms with E-state index in [-0.39, 0.29) is 18.7 Å². The number of carboxylic acid groups (broad SMARTS) is 1. The minimum absolute atomic E-state index is 0.140. The summed E-state index contributed by atoms with van der Waals surface area (Å²) in [6.45, 7) is 12.1. The Morgan fingerprint density at radius 3 is 2.21 bits per heavy atom. The van der Waals surface area contributed by atoms with Crippen molar-refractivity contribution in [2.75, 3.05) is 13.1 Å². The van der Waals surface area contributed by atoms with Gasteiger partial charge in [0.15, 0.2) is 0 Å². The van der Waals surface area contributed by atoms with Crippen molar-refractivity contribution in [1.29, 1.82) is 5.26 Å². The molecule has 2 atom stereocenters. The smallest absolute Gasteiger partial charge is 0.303 e. The molecular weight excluding hydrogens is 454 g/mol. The van der Waals surface area contributed by atoms with Gasteiger partial charge in [-0.15, -0.1) is 11.8 Å². The highest BCUT2D eigenvalue weighted by molar-refractivity contribution is 8.24. The fraction of sp³-hybridized carbons (Fsp3) is 0.600. The van der Waals surface area contributed by atoms with Gasteiger partial charge in [-0.2, -0.15) is 5.26 Å². The van der Waals surface area contributed by atoms with Crippen molar-refractivity contribution in [3.63, 3.8) is 0 Å². The summed E-state index contributed by atoms with van der Waals surface area (Å²) < 4.78 is 0.291. The van der Waals surface area contributed by atoms with Crippen LogP contribution in [0.2, 0.25) is 0 Å². The summed E-state index contributed by atoms with van der Waals surface area (Å²) in [5.41, 5.74) is 3.65. The number of thiocarbonyl (C=S) groups is 1. The quantitative estimate of drug-likeness (QED) is 0.361. The number of carbonyl (C=O) groups excluding carboxylic acids is 1. The second-order valence-electron chi connectivity index (χ2n) is 10.0. The minimum Gasteiger partial charge on any atom is -0.481 e. The first-order valence-corrected chi connectivity index (χ1v) is 12.3. The van der Waals surface area contributed by atoms with Crippen molar-refractivity contribution in [2.45, 2.75) is 65.6 Å². The Balaban J connectivity index is 3.39. The van der Waals surface area contributed by atoms with Gasteiger partial charge in [-0.25, -0.2) is 0 Å². The summed E-state index contributed by atoms with van der Waals surface area (Å²) in [6.07, 6.45) is 0.414. The van der Waals surface area contributed by atoms with Gasteiger partial charge in [0, 0.05) is 24.3 Å². The molecule has 1 aromatic rings. The molecule has 4 N–H and O–H groups in total. The van der Waals surface area contributed by atoms with E-state index >= 15 is 0 Å². The zero-order valence-electron chi connectivity index (χ0n) is 20.5. The molecular formula is C25H37N3O3S2. The number of thioether (sulfide) groups is 1. The van der Waals surface area contributed by atoms with E-state index in [1.54, 1.807) is 6.92 Å². The lowest BCUT2D eigenvalue weighted by Gasteiger charge is -2.53. The van der Waals surface area contributed by atoms with Crippen LogP contribution in [0.25, 0.3) is 0 Å². The number of benzene rings is 1. The van der Waals surface area contributed by atoms with Gasteiger partial charge >= 0.3 is 5.97 Å². The number of nitriles is 1. The fourth-order valence-electron chi connectivity index (χ4n) is 4.21. The number of carboxylic acids is 1. The van der Waals surface area contributed by atoms with Crippen LogP contribution < -0.4 is 11.1 Å². The number of hydrogen-bond donors (Lipinski definition) is 3. The number of carbonyl (C=O) groups is 2. The highest BCUT2D eigenvalue weighted by Crippen LogP contribution is 2.58. The molecule has 0 aliphatic rings. The van der Waals surface area contributed by atoms with Crippen molar-refractivity contribution < 1.29 is 14.7 Å². The van der Waals surface area contributed by atoms with Crippen LogP contribution in [-0.4, -0.2) is 39.0 Å². The number of aliphatic carboxylic acids is 1. The topological polar surface area (TPSA) is 116 Å². The van der Waals surface area contributed by atoms with Crippen LogP contribution in [0.15, 0.2) is 30.3 Å². The molecule has 0 fully saturated rings. The first-order chi connectivity index (χ1) is 15.2. The van der Waals surface area contributed by atoms with Crippen molar-refractivity contribution in [2.24, 2.45) is 22.0 Å². The van der Waals surface area contributed by atoms with Crippen LogP contribution in [-0.2, 0) is 9.59 Å². The van der Waals surface area contributed by atoms with E-state index in [0.717, 1.165) is 9.76 Å². The Kier molecular flexibility index (Phi) is 10.1. The molecule has 2 unspecified atom stereocenters. The molecule has 0 saturated carbocycles. The SMILES string of the molecule is CC(C)(CC(C)(C(=O)NCCN)C(C)(C)C(C)(C#N)CCC(=O)O)SC(=S)c1ccccc1. The monoisotopic (exact) mass is 491 g/mol. The summed E-state index contributed by atoms with van der Waals surface area (Å²) >= 11 is 7.21. The zero-order chi connectivity index (χ0) is 25.5. The first kappa shape index (κ1) is 29.1. The maximum atomic E-state index is 13.6. The molecule has 0 aromatic heterocycles. The minimum atomic E-state index is -1.05. The van der Waals surface area contributed by atoms with Crippen molar-refractivity contribution in [3.05, 3.63) is 35.9 Å². The average Bonchev–Trinajstić information content (AvgIpc) is 2.75. The third kappa shape index (κ3) is 7.02. The Morgan fingerprint density at radius 2 is 1.73 bits per heavy atom. The van der Waals surface area contributed by atoms with Crippen molar-refractivity contribution in [3.8, 4) is 6.07 Å². The number of hydrogen-bond acceptors (Lipinski definition) is 6. The van der Waals surface area contributed by atoms with Gasteiger partial charge in [0.05, 0.1) is 21.1 Å². The van der Waals surface area contributed by atoms with Crippen molar-refractivity contribution >= 4 is 40.1 Å². The summed E-state index contributed by atoms with van der Waals surface area (Å²) in [5, 5.41) is 22.3. The average molecular weight is 492 g/mol. The van der Waals surface area contributed by atoms with Gasteiger partial charge < -0.3 is 16.2 Å². The highest BCUT2D eigenvalue weighted by Gasteiger charge is 2.58. The summed E-state index contributed by atoms with van der Waals surface area (Å²) in [6, 6.07) is 12.1. The number of amides is 1. The molecule has 0 heterocycles. The standard InChI is InChI=1S/C25H37N3O3S2/c1-22(2,33-20(32)18-10-8-7-9-11-18)16-25(6,21(31)28-15-14-26)23(3,4)24(5,17-27)13-12-19(29)30/h7-11H,12-16,26H2,1-6H3,(H,28,31)(H,29,30). The molecule has 33 heavy (non-hydrogen) atoms. The third-order valence-electron chi connectivity index (χ3n) is 6.93. The molecule has 8 heteroatoms. The first-order valence-electron chi connectivity index (χ1n) is 11.1. The molecule has 1 aromatic carbocycles.